The minimum absolute atomic E-state index is 0.0787. The molecule has 1 aliphatic rings. The molecule has 2 aromatic rings. The van der Waals surface area contributed by atoms with Gasteiger partial charge in [0.1, 0.15) is 0 Å². The van der Waals surface area contributed by atoms with E-state index >= 15 is 0 Å². The topological polar surface area (TPSA) is 111 Å². The summed E-state index contributed by atoms with van der Waals surface area (Å²) in [5, 5.41) is 27.0. The lowest BCUT2D eigenvalue weighted by Crippen LogP contribution is -2.49. The zero-order valence-electron chi connectivity index (χ0n) is 19.7. The number of nitrogens with zero attached hydrogens (tertiary/aromatic N) is 4. The molecule has 1 aromatic carbocycles. The zero-order valence-corrected chi connectivity index (χ0v) is 19.7. The van der Waals surface area contributed by atoms with Crippen molar-refractivity contribution in [1.82, 2.24) is 25.5 Å². The fourth-order valence-corrected chi connectivity index (χ4v) is 4.96. The van der Waals surface area contributed by atoms with Crippen LogP contribution in [-0.2, 0) is 5.54 Å². The SMILES string of the molecule is COc1ccc(C(NC2CCCCC2N)c2nnnn2C(C)(C)CC(C)(C)C)cc1O. The highest BCUT2D eigenvalue weighted by molar-refractivity contribution is 5.43. The van der Waals surface area contributed by atoms with Crippen LogP contribution in [0.15, 0.2) is 18.2 Å². The molecule has 172 valence electrons. The van der Waals surface area contributed by atoms with Gasteiger partial charge >= 0.3 is 0 Å². The third-order valence-electron chi connectivity index (χ3n) is 6.02. The van der Waals surface area contributed by atoms with E-state index < -0.39 is 0 Å². The Balaban J connectivity index is 2.03. The van der Waals surface area contributed by atoms with E-state index in [4.69, 9.17) is 10.5 Å². The summed E-state index contributed by atoms with van der Waals surface area (Å²) in [5.74, 6) is 1.24. The van der Waals surface area contributed by atoms with Crippen LogP contribution in [0.1, 0.15) is 84.2 Å². The minimum Gasteiger partial charge on any atom is -0.504 e. The average molecular weight is 431 g/mol. The van der Waals surface area contributed by atoms with Crippen molar-refractivity contribution in [3.05, 3.63) is 29.6 Å². The maximum absolute atomic E-state index is 10.4. The highest BCUT2D eigenvalue weighted by Gasteiger charge is 2.35. The van der Waals surface area contributed by atoms with Gasteiger partial charge in [0.25, 0.3) is 0 Å². The van der Waals surface area contributed by atoms with Crippen molar-refractivity contribution in [1.29, 1.82) is 0 Å². The number of nitrogens with two attached hydrogens (primary N) is 1. The summed E-state index contributed by atoms with van der Waals surface area (Å²) < 4.78 is 7.16. The average Bonchev–Trinajstić information content (AvgIpc) is 3.16. The summed E-state index contributed by atoms with van der Waals surface area (Å²) in [6, 6.07) is 5.37. The van der Waals surface area contributed by atoms with E-state index in [2.05, 4.69) is 55.5 Å². The number of methoxy groups -OCH3 is 1. The van der Waals surface area contributed by atoms with Crippen molar-refractivity contribution in [2.45, 2.75) is 90.4 Å². The van der Waals surface area contributed by atoms with Crippen LogP contribution in [0.4, 0.5) is 0 Å². The van der Waals surface area contributed by atoms with Gasteiger partial charge < -0.3 is 15.6 Å². The van der Waals surface area contributed by atoms with E-state index in [1.807, 2.05) is 10.7 Å². The molecule has 4 N–H and O–H groups in total. The van der Waals surface area contributed by atoms with Gasteiger partial charge in [-0.05, 0) is 66.6 Å². The number of rotatable bonds is 7. The van der Waals surface area contributed by atoms with Gasteiger partial charge in [-0.25, -0.2) is 4.68 Å². The van der Waals surface area contributed by atoms with Gasteiger partial charge in [0.05, 0.1) is 18.7 Å². The maximum Gasteiger partial charge on any atom is 0.173 e. The van der Waals surface area contributed by atoms with E-state index in [1.165, 1.54) is 0 Å². The standard InChI is InChI=1S/C23H38N6O2/c1-22(2,3)14-23(4,5)29-21(26-27-28-29)20(25-17-10-8-7-9-16(17)24)15-11-12-19(31-6)18(30)13-15/h11-13,16-17,20,25,30H,7-10,14,24H2,1-6H3. The number of nitrogens with one attached hydrogen (secondary N) is 1. The molecular weight excluding hydrogens is 392 g/mol. The number of aromatic hydroxyl groups is 1. The smallest absolute Gasteiger partial charge is 0.173 e. The third-order valence-corrected chi connectivity index (χ3v) is 6.02. The van der Waals surface area contributed by atoms with Crippen LogP contribution in [-0.4, -0.2) is 44.5 Å². The predicted octanol–water partition coefficient (Wildman–Crippen LogP) is 3.51. The highest BCUT2D eigenvalue weighted by Crippen LogP contribution is 2.36. The molecule has 0 aliphatic heterocycles. The number of phenolic OH excluding ortho intramolecular Hbond substituents is 1. The molecule has 0 bridgehead atoms. The van der Waals surface area contributed by atoms with Gasteiger partial charge in [0.15, 0.2) is 17.3 Å². The van der Waals surface area contributed by atoms with Gasteiger partial charge in [-0.1, -0.05) is 39.7 Å². The second-order valence-corrected chi connectivity index (χ2v) is 10.6. The molecule has 0 radical (unpaired) electrons. The lowest BCUT2D eigenvalue weighted by molar-refractivity contribution is 0.186. The van der Waals surface area contributed by atoms with Crippen molar-refractivity contribution >= 4 is 0 Å². The first-order valence-electron chi connectivity index (χ1n) is 11.2. The zero-order chi connectivity index (χ0) is 22.8. The lowest BCUT2D eigenvalue weighted by atomic mass is 9.81. The molecule has 31 heavy (non-hydrogen) atoms. The molecule has 1 heterocycles. The van der Waals surface area contributed by atoms with Crippen molar-refractivity contribution in [2.24, 2.45) is 11.1 Å². The monoisotopic (exact) mass is 430 g/mol. The van der Waals surface area contributed by atoms with Crippen molar-refractivity contribution in [3.8, 4) is 11.5 Å². The Morgan fingerprint density at radius 1 is 1.23 bits per heavy atom. The summed E-state index contributed by atoms with van der Waals surface area (Å²) >= 11 is 0. The molecular formula is C23H38N6O2. The summed E-state index contributed by atoms with van der Waals surface area (Å²) in [6.07, 6.45) is 5.21. The number of hydrogen-bond acceptors (Lipinski definition) is 7. The highest BCUT2D eigenvalue weighted by atomic mass is 16.5. The van der Waals surface area contributed by atoms with Crippen LogP contribution in [0.5, 0.6) is 11.5 Å². The largest absolute Gasteiger partial charge is 0.504 e. The number of aromatic nitrogens is 4. The fourth-order valence-electron chi connectivity index (χ4n) is 4.96. The summed E-state index contributed by atoms with van der Waals surface area (Å²) in [4.78, 5) is 0. The number of phenols is 1. The quantitative estimate of drug-likeness (QED) is 0.616. The van der Waals surface area contributed by atoms with E-state index in [0.29, 0.717) is 5.75 Å². The van der Waals surface area contributed by atoms with Crippen LogP contribution in [0.2, 0.25) is 0 Å². The normalized spacial score (nSPS) is 21.1. The second-order valence-electron chi connectivity index (χ2n) is 10.6. The van der Waals surface area contributed by atoms with Crippen LogP contribution in [0, 0.1) is 5.41 Å². The number of hydrogen-bond donors (Lipinski definition) is 3. The van der Waals surface area contributed by atoms with E-state index in [9.17, 15) is 5.11 Å². The minimum atomic E-state index is -0.305. The van der Waals surface area contributed by atoms with Crippen molar-refractivity contribution in [3.63, 3.8) is 0 Å². The first-order valence-corrected chi connectivity index (χ1v) is 11.2. The number of benzene rings is 1. The summed E-state index contributed by atoms with van der Waals surface area (Å²) in [7, 11) is 1.54. The van der Waals surface area contributed by atoms with Crippen molar-refractivity contribution in [2.75, 3.05) is 7.11 Å². The van der Waals surface area contributed by atoms with Crippen LogP contribution in [0.3, 0.4) is 0 Å². The molecule has 3 atom stereocenters. The van der Waals surface area contributed by atoms with Gasteiger partial charge in [-0.15, -0.1) is 5.10 Å². The van der Waals surface area contributed by atoms with Crippen LogP contribution < -0.4 is 15.8 Å². The van der Waals surface area contributed by atoms with Crippen LogP contribution >= 0.6 is 0 Å². The number of tetrazole rings is 1. The van der Waals surface area contributed by atoms with Gasteiger partial charge in [-0.3, -0.25) is 5.32 Å². The molecule has 8 nitrogen and oxygen atoms in total. The maximum atomic E-state index is 10.4. The Labute approximate surface area is 185 Å². The summed E-state index contributed by atoms with van der Waals surface area (Å²) in [6.45, 7) is 11.0. The molecule has 1 fully saturated rings. The Morgan fingerprint density at radius 2 is 1.94 bits per heavy atom. The van der Waals surface area contributed by atoms with E-state index in [1.54, 1.807) is 19.2 Å². The Kier molecular flexibility index (Phi) is 6.91. The predicted molar refractivity (Wildman–Crippen MR) is 121 cm³/mol. The van der Waals surface area contributed by atoms with Crippen LogP contribution in [0.25, 0.3) is 0 Å². The molecule has 0 amide bonds. The molecule has 8 heteroatoms. The molecule has 3 rings (SSSR count). The Bertz CT molecular complexity index is 873. The van der Waals surface area contributed by atoms with E-state index in [0.717, 1.165) is 43.5 Å². The second kappa shape index (κ2) is 9.12. The molecule has 0 saturated heterocycles. The Hall–Kier alpha value is -2.19. The van der Waals surface area contributed by atoms with Gasteiger partial charge in [-0.2, -0.15) is 0 Å². The van der Waals surface area contributed by atoms with Gasteiger partial charge in [0.2, 0.25) is 0 Å². The third kappa shape index (κ3) is 5.54. The van der Waals surface area contributed by atoms with E-state index in [-0.39, 0.29) is 34.8 Å². The molecule has 3 unspecified atom stereocenters. The molecule has 1 aromatic heterocycles. The first-order chi connectivity index (χ1) is 14.5. The summed E-state index contributed by atoms with van der Waals surface area (Å²) in [5.41, 5.74) is 7.14. The Morgan fingerprint density at radius 3 is 2.55 bits per heavy atom. The number of ether oxygens (including phenoxy) is 1. The van der Waals surface area contributed by atoms with Crippen molar-refractivity contribution < 1.29 is 9.84 Å². The van der Waals surface area contributed by atoms with Gasteiger partial charge in [0, 0.05) is 12.1 Å². The molecule has 1 saturated carbocycles. The molecule has 1 aliphatic carbocycles. The first kappa shape index (κ1) is 23.5. The lowest BCUT2D eigenvalue weighted by Gasteiger charge is -2.36. The fraction of sp³-hybridized carbons (Fsp3) is 0.696. The molecule has 0 spiro atoms.